The molecule has 2 rings (SSSR count). The molecular weight excluding hydrogens is 263 g/mol. The van der Waals surface area contributed by atoms with Gasteiger partial charge in [0, 0.05) is 12.8 Å². The molecule has 0 amide bonds. The van der Waals surface area contributed by atoms with Crippen molar-refractivity contribution >= 4 is 5.97 Å². The lowest BCUT2D eigenvalue weighted by molar-refractivity contribution is 0.0329. The maximum Gasteiger partial charge on any atom is 0.358 e. The number of carbonyl (C=O) groups is 1. The fourth-order valence-electron chi connectivity index (χ4n) is 1.58. The molecule has 20 heavy (non-hydrogen) atoms. The van der Waals surface area contributed by atoms with Crippen molar-refractivity contribution in [3.8, 4) is 5.69 Å². The Morgan fingerprint density at radius 3 is 2.70 bits per heavy atom. The number of hydrogen-bond acceptors (Lipinski definition) is 4. The Bertz CT molecular complexity index is 566. The number of nitrogens with zero attached hydrogens (tertiary/aromatic N) is 2. The van der Waals surface area contributed by atoms with Crippen molar-refractivity contribution in [1.82, 2.24) is 9.78 Å². The van der Waals surface area contributed by atoms with Crippen molar-refractivity contribution in [2.24, 2.45) is 0 Å². The average molecular weight is 278 g/mol. The molecule has 1 aromatic carbocycles. The van der Waals surface area contributed by atoms with Crippen LogP contribution in [-0.2, 0) is 9.47 Å². The van der Waals surface area contributed by atoms with E-state index < -0.39 is 5.97 Å². The summed E-state index contributed by atoms with van der Waals surface area (Å²) < 4.78 is 24.4. The van der Waals surface area contributed by atoms with Gasteiger partial charge in [-0.3, -0.25) is 0 Å². The fourth-order valence-corrected chi connectivity index (χ4v) is 1.58. The molecule has 0 aliphatic rings. The Morgan fingerprint density at radius 1 is 1.25 bits per heavy atom. The van der Waals surface area contributed by atoms with E-state index in [1.807, 2.05) is 6.92 Å². The molecule has 0 aliphatic carbocycles. The van der Waals surface area contributed by atoms with Gasteiger partial charge in [-0.1, -0.05) is 0 Å². The molecule has 1 heterocycles. The largest absolute Gasteiger partial charge is 0.458 e. The number of carbonyl (C=O) groups excluding carboxylic acids is 1. The number of aromatic nitrogens is 2. The van der Waals surface area contributed by atoms with Crippen molar-refractivity contribution in [3.63, 3.8) is 0 Å². The molecule has 0 unspecified atom stereocenters. The molecule has 0 N–H and O–H groups in total. The van der Waals surface area contributed by atoms with Gasteiger partial charge in [-0.05, 0) is 37.3 Å². The quantitative estimate of drug-likeness (QED) is 0.600. The zero-order valence-electron chi connectivity index (χ0n) is 11.1. The van der Waals surface area contributed by atoms with Crippen molar-refractivity contribution in [1.29, 1.82) is 0 Å². The summed E-state index contributed by atoms with van der Waals surface area (Å²) in [5, 5.41) is 4.09. The second-order valence-corrected chi connectivity index (χ2v) is 3.95. The monoisotopic (exact) mass is 278 g/mol. The van der Waals surface area contributed by atoms with Crippen LogP contribution < -0.4 is 0 Å². The van der Waals surface area contributed by atoms with Crippen LogP contribution in [0.5, 0.6) is 0 Å². The summed E-state index contributed by atoms with van der Waals surface area (Å²) in [5.74, 6) is -0.831. The minimum Gasteiger partial charge on any atom is -0.458 e. The Morgan fingerprint density at radius 2 is 2.00 bits per heavy atom. The molecule has 0 aliphatic heterocycles. The van der Waals surface area contributed by atoms with Crippen LogP contribution in [0.2, 0.25) is 0 Å². The van der Waals surface area contributed by atoms with Gasteiger partial charge in [-0.15, -0.1) is 0 Å². The Labute approximate surface area is 115 Å². The Balaban J connectivity index is 1.98. The molecule has 0 bridgehead atoms. The fraction of sp³-hybridized carbons (Fsp3) is 0.286. The predicted molar refractivity (Wildman–Crippen MR) is 70.3 cm³/mol. The van der Waals surface area contributed by atoms with Crippen LogP contribution in [0, 0.1) is 5.82 Å². The summed E-state index contributed by atoms with van der Waals surface area (Å²) >= 11 is 0. The van der Waals surface area contributed by atoms with E-state index in [-0.39, 0.29) is 18.1 Å². The minimum atomic E-state index is -0.509. The van der Waals surface area contributed by atoms with E-state index in [0.717, 1.165) is 0 Å². The van der Waals surface area contributed by atoms with Crippen molar-refractivity contribution < 1.29 is 18.7 Å². The average Bonchev–Trinajstić information content (AvgIpc) is 2.94. The smallest absolute Gasteiger partial charge is 0.358 e. The highest BCUT2D eigenvalue weighted by atomic mass is 19.1. The molecule has 0 atom stereocenters. The number of rotatable bonds is 6. The second-order valence-electron chi connectivity index (χ2n) is 3.95. The predicted octanol–water partition coefficient (Wildman–Crippen LogP) is 2.20. The third kappa shape index (κ3) is 3.64. The lowest BCUT2D eigenvalue weighted by Crippen LogP contribution is -2.11. The molecule has 5 nitrogen and oxygen atoms in total. The van der Waals surface area contributed by atoms with Gasteiger partial charge in [-0.2, -0.15) is 5.10 Å². The van der Waals surface area contributed by atoms with Gasteiger partial charge in [0.2, 0.25) is 0 Å². The molecule has 1 aromatic heterocycles. The highest BCUT2D eigenvalue weighted by Crippen LogP contribution is 2.09. The summed E-state index contributed by atoms with van der Waals surface area (Å²) in [4.78, 5) is 11.7. The summed E-state index contributed by atoms with van der Waals surface area (Å²) in [6.45, 7) is 3.00. The van der Waals surface area contributed by atoms with E-state index in [4.69, 9.17) is 9.47 Å². The van der Waals surface area contributed by atoms with Gasteiger partial charge in [0.15, 0.2) is 5.69 Å². The molecule has 0 saturated heterocycles. The van der Waals surface area contributed by atoms with Crippen LogP contribution in [0.15, 0.2) is 36.5 Å². The first kappa shape index (κ1) is 14.2. The van der Waals surface area contributed by atoms with Crippen molar-refractivity contribution in [2.75, 3.05) is 19.8 Å². The molecule has 0 fully saturated rings. The number of benzene rings is 1. The van der Waals surface area contributed by atoms with Crippen molar-refractivity contribution in [2.45, 2.75) is 6.92 Å². The van der Waals surface area contributed by atoms with E-state index in [2.05, 4.69) is 5.10 Å². The normalized spacial score (nSPS) is 10.5. The highest BCUT2D eigenvalue weighted by Gasteiger charge is 2.11. The third-order valence-corrected chi connectivity index (χ3v) is 2.55. The van der Waals surface area contributed by atoms with E-state index in [1.54, 1.807) is 24.4 Å². The molecule has 0 radical (unpaired) electrons. The lowest BCUT2D eigenvalue weighted by Gasteiger charge is -2.03. The molecule has 106 valence electrons. The van der Waals surface area contributed by atoms with E-state index >= 15 is 0 Å². The SMILES string of the molecule is CCOCCOC(=O)c1ccn(-c2ccc(F)cc2)n1. The second kappa shape index (κ2) is 6.81. The summed E-state index contributed by atoms with van der Waals surface area (Å²) in [5.41, 5.74) is 0.866. The lowest BCUT2D eigenvalue weighted by atomic mass is 10.3. The number of esters is 1. The number of ether oxygens (including phenoxy) is 2. The molecule has 6 heteroatoms. The maximum atomic E-state index is 12.8. The van der Waals surface area contributed by atoms with Gasteiger partial charge >= 0.3 is 5.97 Å². The summed E-state index contributed by atoms with van der Waals surface area (Å²) in [7, 11) is 0. The highest BCUT2D eigenvalue weighted by molar-refractivity contribution is 5.87. The van der Waals surface area contributed by atoms with E-state index in [9.17, 15) is 9.18 Å². The Kier molecular flexibility index (Phi) is 4.84. The zero-order chi connectivity index (χ0) is 14.4. The number of hydrogen-bond donors (Lipinski definition) is 0. The van der Waals surface area contributed by atoms with Gasteiger partial charge in [0.1, 0.15) is 12.4 Å². The third-order valence-electron chi connectivity index (χ3n) is 2.55. The van der Waals surface area contributed by atoms with Gasteiger partial charge in [0.25, 0.3) is 0 Å². The molecular formula is C14H15FN2O3. The standard InChI is InChI=1S/C14H15FN2O3/c1-2-19-9-10-20-14(18)13-7-8-17(16-13)12-5-3-11(15)4-6-12/h3-8H,2,9-10H2,1H3. The van der Waals surface area contributed by atoms with Gasteiger partial charge in [0.05, 0.1) is 12.3 Å². The van der Waals surface area contributed by atoms with E-state index in [0.29, 0.717) is 18.9 Å². The van der Waals surface area contributed by atoms with Crippen LogP contribution >= 0.6 is 0 Å². The molecule has 0 spiro atoms. The zero-order valence-corrected chi connectivity index (χ0v) is 11.1. The van der Waals surface area contributed by atoms with Crippen LogP contribution in [0.4, 0.5) is 4.39 Å². The summed E-state index contributed by atoms with van der Waals surface area (Å²) in [6.07, 6.45) is 1.62. The van der Waals surface area contributed by atoms with Crippen LogP contribution in [-0.4, -0.2) is 35.6 Å². The first-order valence-electron chi connectivity index (χ1n) is 6.27. The van der Waals surface area contributed by atoms with Crippen LogP contribution in [0.3, 0.4) is 0 Å². The van der Waals surface area contributed by atoms with Gasteiger partial charge in [-0.25, -0.2) is 13.9 Å². The minimum absolute atomic E-state index is 0.191. The number of halogens is 1. The van der Waals surface area contributed by atoms with Crippen molar-refractivity contribution in [3.05, 3.63) is 48.0 Å². The molecule has 0 saturated carbocycles. The molecule has 2 aromatic rings. The van der Waals surface area contributed by atoms with Crippen LogP contribution in [0.25, 0.3) is 5.69 Å². The van der Waals surface area contributed by atoms with E-state index in [1.165, 1.54) is 16.8 Å². The first-order valence-corrected chi connectivity index (χ1v) is 6.27. The summed E-state index contributed by atoms with van der Waals surface area (Å²) in [6, 6.07) is 7.36. The van der Waals surface area contributed by atoms with Gasteiger partial charge < -0.3 is 9.47 Å². The maximum absolute atomic E-state index is 12.8. The Hall–Kier alpha value is -2.21. The topological polar surface area (TPSA) is 53.4 Å². The van der Waals surface area contributed by atoms with Crippen LogP contribution in [0.1, 0.15) is 17.4 Å². The first-order chi connectivity index (χ1) is 9.70.